The van der Waals surface area contributed by atoms with Gasteiger partial charge in [-0.25, -0.2) is 0 Å². The second kappa shape index (κ2) is 8.85. The molecule has 0 radical (unpaired) electrons. The lowest BCUT2D eigenvalue weighted by atomic mass is 9.90. The molecule has 2 saturated heterocycles. The highest BCUT2D eigenvalue weighted by molar-refractivity contribution is 5.82. The summed E-state index contributed by atoms with van der Waals surface area (Å²) in [7, 11) is 0. The fourth-order valence-electron chi connectivity index (χ4n) is 3.77. The normalized spacial score (nSPS) is 28.5. The van der Waals surface area contributed by atoms with E-state index in [2.05, 4.69) is 36.3 Å². The van der Waals surface area contributed by atoms with E-state index in [1.165, 1.54) is 0 Å². The highest BCUT2D eigenvalue weighted by atomic mass is 16.5. The molecular weight excluding hydrogens is 278 g/mol. The van der Waals surface area contributed by atoms with Crippen LogP contribution in [0.2, 0.25) is 0 Å². The number of ether oxygens (including phenoxy) is 1. The number of rotatable bonds is 6. The van der Waals surface area contributed by atoms with Crippen molar-refractivity contribution in [2.24, 2.45) is 11.8 Å². The summed E-state index contributed by atoms with van der Waals surface area (Å²) < 4.78 is 5.46. The molecule has 1 amide bonds. The van der Waals surface area contributed by atoms with Crippen LogP contribution in [0.4, 0.5) is 0 Å². The van der Waals surface area contributed by atoms with E-state index in [4.69, 9.17) is 4.74 Å². The number of carbonyl (C=O) groups excluding carboxylic acids is 1. The number of piperidine rings is 1. The molecule has 128 valence electrons. The van der Waals surface area contributed by atoms with E-state index in [0.717, 1.165) is 58.7 Å². The van der Waals surface area contributed by atoms with Gasteiger partial charge in [0.15, 0.2) is 0 Å². The van der Waals surface area contributed by atoms with Gasteiger partial charge >= 0.3 is 0 Å². The molecule has 2 aliphatic heterocycles. The van der Waals surface area contributed by atoms with Crippen molar-refractivity contribution in [3.8, 4) is 0 Å². The fraction of sp³-hybridized carbons (Fsp3) is 0.941. The van der Waals surface area contributed by atoms with Crippen molar-refractivity contribution in [1.29, 1.82) is 0 Å². The third-order valence-corrected chi connectivity index (χ3v) is 5.32. The Bertz CT molecular complexity index is 341. The van der Waals surface area contributed by atoms with Crippen molar-refractivity contribution in [2.75, 3.05) is 39.4 Å². The standard InChI is InChI=1S/C17H33N3O2/c1-4-14(5-2)16(20-8-10-22-11-9-20)17(21)19-15-6-7-18-12-13(15)3/h13-16,18H,4-12H2,1-3H3,(H,19,21). The van der Waals surface area contributed by atoms with Crippen molar-refractivity contribution in [3.63, 3.8) is 0 Å². The minimum absolute atomic E-state index is 0.000913. The molecule has 2 rings (SSSR count). The van der Waals surface area contributed by atoms with Gasteiger partial charge in [-0.1, -0.05) is 33.6 Å². The third-order valence-electron chi connectivity index (χ3n) is 5.32. The molecule has 22 heavy (non-hydrogen) atoms. The molecule has 2 aliphatic rings. The van der Waals surface area contributed by atoms with Crippen LogP contribution in [-0.4, -0.2) is 62.3 Å². The molecule has 0 saturated carbocycles. The first-order chi connectivity index (χ1) is 10.7. The van der Waals surface area contributed by atoms with Crippen molar-refractivity contribution >= 4 is 5.91 Å². The van der Waals surface area contributed by atoms with E-state index in [-0.39, 0.29) is 11.9 Å². The summed E-state index contributed by atoms with van der Waals surface area (Å²) in [5, 5.41) is 6.75. The average Bonchev–Trinajstić information content (AvgIpc) is 2.55. The summed E-state index contributed by atoms with van der Waals surface area (Å²) in [5.41, 5.74) is 0. The van der Waals surface area contributed by atoms with Gasteiger partial charge in [-0.05, 0) is 31.3 Å². The van der Waals surface area contributed by atoms with E-state index in [1.54, 1.807) is 0 Å². The molecule has 2 fully saturated rings. The third kappa shape index (κ3) is 4.43. The lowest BCUT2D eigenvalue weighted by molar-refractivity contribution is -0.132. The summed E-state index contributed by atoms with van der Waals surface area (Å²) in [4.78, 5) is 15.3. The number of carbonyl (C=O) groups is 1. The lowest BCUT2D eigenvalue weighted by Crippen LogP contribution is -2.58. The molecule has 3 unspecified atom stereocenters. The van der Waals surface area contributed by atoms with Crippen LogP contribution in [0.15, 0.2) is 0 Å². The van der Waals surface area contributed by atoms with Crippen LogP contribution < -0.4 is 10.6 Å². The fourth-order valence-corrected chi connectivity index (χ4v) is 3.77. The number of nitrogens with zero attached hydrogens (tertiary/aromatic N) is 1. The maximum Gasteiger partial charge on any atom is 0.237 e. The Morgan fingerprint density at radius 2 is 2.00 bits per heavy atom. The van der Waals surface area contributed by atoms with Crippen LogP contribution in [0.3, 0.4) is 0 Å². The number of hydrogen-bond acceptors (Lipinski definition) is 4. The molecule has 5 heteroatoms. The van der Waals surface area contributed by atoms with Crippen LogP contribution in [0, 0.1) is 11.8 Å². The molecule has 0 aliphatic carbocycles. The highest BCUT2D eigenvalue weighted by Crippen LogP contribution is 2.21. The maximum atomic E-state index is 13.0. The van der Waals surface area contributed by atoms with Crippen LogP contribution >= 0.6 is 0 Å². The van der Waals surface area contributed by atoms with Crippen molar-refractivity contribution in [3.05, 3.63) is 0 Å². The van der Waals surface area contributed by atoms with Gasteiger partial charge in [-0.3, -0.25) is 9.69 Å². The molecule has 0 aromatic carbocycles. The largest absolute Gasteiger partial charge is 0.379 e. The first kappa shape index (κ1) is 17.7. The van der Waals surface area contributed by atoms with Crippen LogP contribution in [0.25, 0.3) is 0 Å². The van der Waals surface area contributed by atoms with E-state index < -0.39 is 0 Å². The molecule has 0 aromatic heterocycles. The molecule has 2 N–H and O–H groups in total. The smallest absolute Gasteiger partial charge is 0.237 e. The molecule has 5 nitrogen and oxygen atoms in total. The van der Waals surface area contributed by atoms with E-state index in [9.17, 15) is 4.79 Å². The monoisotopic (exact) mass is 311 g/mol. The molecule has 3 atom stereocenters. The zero-order chi connectivity index (χ0) is 15.9. The molecule has 0 spiro atoms. The summed E-state index contributed by atoms with van der Waals surface area (Å²) >= 11 is 0. The first-order valence-corrected chi connectivity index (χ1v) is 9.00. The Hall–Kier alpha value is -0.650. The first-order valence-electron chi connectivity index (χ1n) is 9.00. The second-order valence-electron chi connectivity index (χ2n) is 6.75. The van der Waals surface area contributed by atoms with Gasteiger partial charge in [-0.2, -0.15) is 0 Å². The lowest BCUT2D eigenvalue weighted by Gasteiger charge is -2.39. The van der Waals surface area contributed by atoms with E-state index >= 15 is 0 Å². The van der Waals surface area contributed by atoms with Crippen molar-refractivity contribution in [2.45, 2.75) is 52.1 Å². The zero-order valence-electron chi connectivity index (χ0n) is 14.4. The number of hydrogen-bond donors (Lipinski definition) is 2. The van der Waals surface area contributed by atoms with E-state index in [1.807, 2.05) is 0 Å². The van der Waals surface area contributed by atoms with Gasteiger partial charge in [0.2, 0.25) is 5.91 Å². The summed E-state index contributed by atoms with van der Waals surface area (Å²) in [6.07, 6.45) is 3.13. The SMILES string of the molecule is CCC(CC)C(C(=O)NC1CCNCC1C)N1CCOCC1. The second-order valence-corrected chi connectivity index (χ2v) is 6.75. The average molecular weight is 311 g/mol. The van der Waals surface area contributed by atoms with E-state index in [0.29, 0.717) is 17.9 Å². The molecule has 0 bridgehead atoms. The molecule has 0 aromatic rings. The summed E-state index contributed by atoms with van der Waals surface area (Å²) in [6, 6.07) is 0.313. The Balaban J connectivity index is 2.03. The van der Waals surface area contributed by atoms with Crippen LogP contribution in [0.1, 0.15) is 40.0 Å². The van der Waals surface area contributed by atoms with Crippen molar-refractivity contribution in [1.82, 2.24) is 15.5 Å². The predicted molar refractivity (Wildman–Crippen MR) is 88.8 cm³/mol. The number of morpholine rings is 1. The Morgan fingerprint density at radius 1 is 1.32 bits per heavy atom. The van der Waals surface area contributed by atoms with Gasteiger partial charge < -0.3 is 15.4 Å². The van der Waals surface area contributed by atoms with Gasteiger partial charge in [0.1, 0.15) is 0 Å². The molecule has 2 heterocycles. The maximum absolute atomic E-state index is 13.0. The topological polar surface area (TPSA) is 53.6 Å². The Morgan fingerprint density at radius 3 is 2.59 bits per heavy atom. The highest BCUT2D eigenvalue weighted by Gasteiger charge is 2.34. The Labute approximate surface area is 135 Å². The summed E-state index contributed by atoms with van der Waals surface area (Å²) in [6.45, 7) is 11.8. The van der Waals surface area contributed by atoms with Gasteiger partial charge in [0, 0.05) is 19.1 Å². The molecular formula is C17H33N3O2. The minimum atomic E-state index is 0.000913. The zero-order valence-corrected chi connectivity index (χ0v) is 14.4. The Kier molecular flexibility index (Phi) is 7.12. The van der Waals surface area contributed by atoms with Gasteiger partial charge in [0.05, 0.1) is 19.3 Å². The summed E-state index contributed by atoms with van der Waals surface area (Å²) in [5.74, 6) is 1.16. The number of amides is 1. The predicted octanol–water partition coefficient (Wildman–Crippen LogP) is 1.24. The quantitative estimate of drug-likeness (QED) is 0.775. The van der Waals surface area contributed by atoms with Crippen molar-refractivity contribution < 1.29 is 9.53 Å². The van der Waals surface area contributed by atoms with Gasteiger partial charge in [-0.15, -0.1) is 0 Å². The van der Waals surface area contributed by atoms with Crippen LogP contribution in [-0.2, 0) is 9.53 Å². The number of nitrogens with one attached hydrogen (secondary N) is 2. The van der Waals surface area contributed by atoms with Gasteiger partial charge in [0.25, 0.3) is 0 Å². The van der Waals surface area contributed by atoms with Crippen LogP contribution in [0.5, 0.6) is 0 Å². The minimum Gasteiger partial charge on any atom is -0.379 e.